The minimum Gasteiger partial charge on any atom is -0.494 e. The van der Waals surface area contributed by atoms with Crippen LogP contribution in [0.3, 0.4) is 0 Å². The van der Waals surface area contributed by atoms with Crippen LogP contribution in [0.1, 0.15) is 35.8 Å². The molecule has 0 saturated carbocycles. The lowest BCUT2D eigenvalue weighted by molar-refractivity contribution is 0.0908. The zero-order valence-electron chi connectivity index (χ0n) is 16.3. The van der Waals surface area contributed by atoms with Crippen LogP contribution in [0.15, 0.2) is 24.4 Å². The van der Waals surface area contributed by atoms with E-state index in [2.05, 4.69) is 5.10 Å². The Bertz CT molecular complexity index is 991. The largest absolute Gasteiger partial charge is 0.494 e. The van der Waals surface area contributed by atoms with Gasteiger partial charge in [0.15, 0.2) is 5.13 Å². The van der Waals surface area contributed by atoms with Crippen LogP contribution in [0.25, 0.3) is 10.2 Å². The minimum absolute atomic E-state index is 0.0250. The fourth-order valence-electron chi connectivity index (χ4n) is 3.52. The fourth-order valence-corrected chi connectivity index (χ4v) is 4.58. The second kappa shape index (κ2) is 7.89. The van der Waals surface area contributed by atoms with E-state index in [9.17, 15) is 4.79 Å². The molecule has 1 fully saturated rings. The number of methoxy groups -OCH3 is 1. The van der Waals surface area contributed by atoms with Crippen molar-refractivity contribution in [3.8, 4) is 5.75 Å². The second-order valence-electron chi connectivity index (χ2n) is 6.84. The van der Waals surface area contributed by atoms with Crippen LogP contribution in [-0.2, 0) is 11.3 Å². The van der Waals surface area contributed by atoms with E-state index in [-0.39, 0.29) is 12.0 Å². The maximum absolute atomic E-state index is 13.4. The molecule has 1 aromatic carbocycles. The summed E-state index contributed by atoms with van der Waals surface area (Å²) in [4.78, 5) is 20.0. The Morgan fingerprint density at radius 3 is 3.00 bits per heavy atom. The molecule has 2 aromatic heterocycles. The number of benzene rings is 1. The molecule has 7 nitrogen and oxygen atoms in total. The van der Waals surface area contributed by atoms with Crippen molar-refractivity contribution in [2.24, 2.45) is 0 Å². The number of carbonyl (C=O) groups is 1. The fraction of sp³-hybridized carbons (Fsp3) is 0.450. The third kappa shape index (κ3) is 3.38. The van der Waals surface area contributed by atoms with Crippen LogP contribution < -0.4 is 9.64 Å². The molecule has 3 aromatic rings. The number of aromatic nitrogens is 3. The molecule has 0 spiro atoms. The molecule has 148 valence electrons. The highest BCUT2D eigenvalue weighted by molar-refractivity contribution is 7.22. The molecule has 3 heterocycles. The number of aryl methyl sites for hydroxylation is 2. The predicted molar refractivity (Wildman–Crippen MR) is 109 cm³/mol. The van der Waals surface area contributed by atoms with Crippen molar-refractivity contribution < 1.29 is 14.3 Å². The molecule has 0 bridgehead atoms. The average molecular weight is 401 g/mol. The molecule has 1 aliphatic heterocycles. The highest BCUT2D eigenvalue weighted by Crippen LogP contribution is 2.37. The Kier molecular flexibility index (Phi) is 5.32. The van der Waals surface area contributed by atoms with Crippen molar-refractivity contribution in [1.82, 2.24) is 14.8 Å². The lowest BCUT2D eigenvalue weighted by Crippen LogP contribution is -2.38. The Balaban J connectivity index is 1.77. The van der Waals surface area contributed by atoms with Crippen LogP contribution in [0.2, 0.25) is 0 Å². The maximum Gasteiger partial charge on any atom is 0.278 e. The molecule has 0 radical (unpaired) electrons. The lowest BCUT2D eigenvalue weighted by Gasteiger charge is -2.23. The van der Waals surface area contributed by atoms with Gasteiger partial charge in [0.25, 0.3) is 5.91 Å². The summed E-state index contributed by atoms with van der Waals surface area (Å²) in [5, 5.41) is 4.91. The van der Waals surface area contributed by atoms with E-state index in [4.69, 9.17) is 14.5 Å². The van der Waals surface area contributed by atoms with Crippen molar-refractivity contribution in [2.75, 3.05) is 25.2 Å². The number of amides is 1. The number of thiazole rings is 1. The van der Waals surface area contributed by atoms with E-state index in [1.54, 1.807) is 29.0 Å². The highest BCUT2D eigenvalue weighted by Gasteiger charge is 2.29. The summed E-state index contributed by atoms with van der Waals surface area (Å²) < 4.78 is 14.0. The first-order valence-electron chi connectivity index (χ1n) is 9.51. The summed E-state index contributed by atoms with van der Waals surface area (Å²) in [6.07, 6.45) is 3.65. The Hall–Kier alpha value is -2.45. The molecule has 28 heavy (non-hydrogen) atoms. The third-order valence-electron chi connectivity index (χ3n) is 5.03. The molecular formula is C20H24N4O3S. The molecule has 1 aliphatic rings. The quantitative estimate of drug-likeness (QED) is 0.632. The monoisotopic (exact) mass is 400 g/mol. The Labute approximate surface area is 167 Å². The number of rotatable bonds is 6. The lowest BCUT2D eigenvalue weighted by atomic mass is 10.2. The second-order valence-corrected chi connectivity index (χ2v) is 7.82. The molecule has 4 rings (SSSR count). The van der Waals surface area contributed by atoms with Crippen LogP contribution in [0, 0.1) is 6.92 Å². The highest BCUT2D eigenvalue weighted by atomic mass is 32.1. The summed E-state index contributed by atoms with van der Waals surface area (Å²) in [7, 11) is 1.64. The predicted octanol–water partition coefficient (Wildman–Crippen LogP) is 3.66. The molecule has 0 aliphatic carbocycles. The number of ether oxygens (including phenoxy) is 2. The summed E-state index contributed by atoms with van der Waals surface area (Å²) in [5.41, 5.74) is 2.46. The van der Waals surface area contributed by atoms with Gasteiger partial charge in [0.1, 0.15) is 17.0 Å². The molecule has 0 unspecified atom stereocenters. The van der Waals surface area contributed by atoms with Crippen molar-refractivity contribution in [3.63, 3.8) is 0 Å². The van der Waals surface area contributed by atoms with Gasteiger partial charge in [-0.15, -0.1) is 0 Å². The van der Waals surface area contributed by atoms with Gasteiger partial charge in [0.05, 0.1) is 24.5 Å². The topological polar surface area (TPSA) is 69.5 Å². The molecule has 1 atom stereocenters. The maximum atomic E-state index is 13.4. The van der Waals surface area contributed by atoms with Gasteiger partial charge in [-0.2, -0.15) is 5.10 Å². The van der Waals surface area contributed by atoms with Gasteiger partial charge in [-0.3, -0.25) is 14.4 Å². The van der Waals surface area contributed by atoms with Crippen LogP contribution >= 0.6 is 11.3 Å². The van der Waals surface area contributed by atoms with E-state index >= 15 is 0 Å². The van der Waals surface area contributed by atoms with E-state index in [1.165, 1.54) is 11.3 Å². The van der Waals surface area contributed by atoms with Crippen molar-refractivity contribution in [2.45, 2.75) is 39.3 Å². The smallest absolute Gasteiger partial charge is 0.278 e. The van der Waals surface area contributed by atoms with Gasteiger partial charge < -0.3 is 9.47 Å². The van der Waals surface area contributed by atoms with Crippen LogP contribution in [-0.4, -0.2) is 47.0 Å². The van der Waals surface area contributed by atoms with E-state index < -0.39 is 0 Å². The third-order valence-corrected chi connectivity index (χ3v) is 6.25. The average Bonchev–Trinajstić information content (AvgIpc) is 3.46. The van der Waals surface area contributed by atoms with Gasteiger partial charge in [0, 0.05) is 19.3 Å². The number of carbonyl (C=O) groups excluding carboxylic acids is 1. The van der Waals surface area contributed by atoms with Crippen molar-refractivity contribution >= 4 is 32.6 Å². The standard InChI is InChI=1S/C20H24N4O3S/c1-4-24-15(9-10-21-24)19(25)23(12-14-6-5-11-27-14)20-22-17-16(26-3)8-7-13(2)18(17)28-20/h7-10,14H,4-6,11-12H2,1-3H3/t14-/m0/s1. The number of hydrogen-bond acceptors (Lipinski definition) is 6. The number of fused-ring (bicyclic) bond motifs is 1. The van der Waals surface area contributed by atoms with Gasteiger partial charge in [-0.1, -0.05) is 17.4 Å². The van der Waals surface area contributed by atoms with Gasteiger partial charge in [-0.05, 0) is 44.4 Å². The Morgan fingerprint density at radius 1 is 1.43 bits per heavy atom. The molecule has 8 heteroatoms. The molecule has 0 N–H and O–H groups in total. The van der Waals surface area contributed by atoms with E-state index in [0.717, 1.165) is 35.2 Å². The number of anilines is 1. The summed E-state index contributed by atoms with van der Waals surface area (Å²) in [6, 6.07) is 5.69. The number of hydrogen-bond donors (Lipinski definition) is 0. The first kappa shape index (κ1) is 18.9. The Morgan fingerprint density at radius 2 is 2.29 bits per heavy atom. The van der Waals surface area contributed by atoms with Gasteiger partial charge in [-0.25, -0.2) is 4.98 Å². The zero-order valence-corrected chi connectivity index (χ0v) is 17.2. The SMILES string of the molecule is CCn1nccc1C(=O)N(C[C@@H]1CCCO1)c1nc2c(OC)ccc(C)c2s1. The molecule has 1 amide bonds. The zero-order chi connectivity index (χ0) is 19.7. The van der Waals surface area contributed by atoms with Gasteiger partial charge in [0.2, 0.25) is 0 Å². The van der Waals surface area contributed by atoms with Crippen molar-refractivity contribution in [1.29, 1.82) is 0 Å². The normalized spacial score (nSPS) is 16.6. The van der Waals surface area contributed by atoms with Crippen LogP contribution in [0.4, 0.5) is 5.13 Å². The van der Waals surface area contributed by atoms with E-state index in [0.29, 0.717) is 29.7 Å². The van der Waals surface area contributed by atoms with E-state index in [1.807, 2.05) is 26.0 Å². The molecular weight excluding hydrogens is 376 g/mol. The minimum atomic E-state index is -0.106. The number of nitrogens with zero attached hydrogens (tertiary/aromatic N) is 4. The summed E-state index contributed by atoms with van der Waals surface area (Å²) in [6.45, 7) is 5.87. The first-order chi connectivity index (χ1) is 13.6. The summed E-state index contributed by atoms with van der Waals surface area (Å²) in [5.74, 6) is 0.608. The van der Waals surface area contributed by atoms with Crippen LogP contribution in [0.5, 0.6) is 5.75 Å². The van der Waals surface area contributed by atoms with Gasteiger partial charge >= 0.3 is 0 Å². The van der Waals surface area contributed by atoms with Crippen molar-refractivity contribution in [3.05, 3.63) is 35.7 Å². The molecule has 1 saturated heterocycles. The summed E-state index contributed by atoms with van der Waals surface area (Å²) >= 11 is 1.51. The first-order valence-corrected chi connectivity index (χ1v) is 10.3.